The molecule has 0 saturated carbocycles. The van der Waals surface area contributed by atoms with Crippen molar-refractivity contribution in [2.75, 3.05) is 13.1 Å². The van der Waals surface area contributed by atoms with Crippen molar-refractivity contribution in [3.8, 4) is 5.75 Å². The zero-order chi connectivity index (χ0) is 11.5. The lowest BCUT2D eigenvalue weighted by Crippen LogP contribution is -2.42. The number of phenols is 1. The van der Waals surface area contributed by atoms with Crippen LogP contribution in [0.3, 0.4) is 0 Å². The highest BCUT2D eigenvalue weighted by Crippen LogP contribution is 2.15. The second kappa shape index (κ2) is 4.53. The third-order valence-electron chi connectivity index (χ3n) is 2.80. The van der Waals surface area contributed by atoms with E-state index in [0.717, 1.165) is 12.8 Å². The largest absolute Gasteiger partial charge is 0.508 e. The molecule has 1 amide bonds. The van der Waals surface area contributed by atoms with Crippen molar-refractivity contribution in [3.63, 3.8) is 0 Å². The Balaban J connectivity index is 2.09. The summed E-state index contributed by atoms with van der Waals surface area (Å²) in [6.07, 6.45) is 1.19. The Kier molecular flexibility index (Phi) is 3.10. The maximum Gasteiger partial charge on any atom is 0.253 e. The van der Waals surface area contributed by atoms with Crippen LogP contribution in [0, 0.1) is 0 Å². The summed E-state index contributed by atoms with van der Waals surface area (Å²) in [5, 5.41) is 18.6. The third-order valence-corrected chi connectivity index (χ3v) is 2.80. The van der Waals surface area contributed by atoms with E-state index in [0.29, 0.717) is 18.7 Å². The van der Waals surface area contributed by atoms with Gasteiger partial charge in [0.1, 0.15) is 5.75 Å². The minimum atomic E-state index is -0.408. The molecular formula is C12H15NO3. The van der Waals surface area contributed by atoms with E-state index in [9.17, 15) is 9.90 Å². The molecule has 1 saturated heterocycles. The molecule has 1 aliphatic heterocycles. The summed E-state index contributed by atoms with van der Waals surface area (Å²) in [4.78, 5) is 13.6. The predicted molar refractivity (Wildman–Crippen MR) is 59.3 cm³/mol. The third kappa shape index (κ3) is 2.33. The van der Waals surface area contributed by atoms with Crippen LogP contribution in [0.15, 0.2) is 24.3 Å². The lowest BCUT2D eigenvalue weighted by molar-refractivity contribution is 0.0474. The molecule has 0 aromatic heterocycles. The summed E-state index contributed by atoms with van der Waals surface area (Å²) in [5.74, 6) is 0.0639. The minimum Gasteiger partial charge on any atom is -0.508 e. The Morgan fingerprint density at radius 2 is 2.00 bits per heavy atom. The van der Waals surface area contributed by atoms with E-state index in [2.05, 4.69) is 0 Å². The van der Waals surface area contributed by atoms with Gasteiger partial charge in [-0.25, -0.2) is 0 Å². The number of amides is 1. The molecule has 0 bridgehead atoms. The number of aromatic hydroxyl groups is 1. The molecule has 1 atom stereocenters. The van der Waals surface area contributed by atoms with Gasteiger partial charge in [-0.15, -0.1) is 0 Å². The molecule has 16 heavy (non-hydrogen) atoms. The Morgan fingerprint density at radius 3 is 2.62 bits per heavy atom. The number of benzene rings is 1. The molecule has 1 aromatic carbocycles. The molecule has 1 fully saturated rings. The number of hydrogen-bond acceptors (Lipinski definition) is 3. The molecule has 1 heterocycles. The van der Waals surface area contributed by atoms with Gasteiger partial charge < -0.3 is 15.1 Å². The first-order chi connectivity index (χ1) is 7.66. The van der Waals surface area contributed by atoms with Crippen LogP contribution in [0.1, 0.15) is 23.2 Å². The second-order valence-electron chi connectivity index (χ2n) is 4.09. The molecule has 2 rings (SSSR count). The Hall–Kier alpha value is -1.55. The highest BCUT2D eigenvalue weighted by Gasteiger charge is 2.22. The van der Waals surface area contributed by atoms with Gasteiger partial charge in [0, 0.05) is 18.7 Å². The molecule has 0 unspecified atom stereocenters. The summed E-state index contributed by atoms with van der Waals surface area (Å²) < 4.78 is 0. The molecule has 86 valence electrons. The van der Waals surface area contributed by atoms with Gasteiger partial charge >= 0.3 is 0 Å². The quantitative estimate of drug-likeness (QED) is 0.743. The van der Waals surface area contributed by atoms with Crippen LogP contribution in [0.25, 0.3) is 0 Å². The van der Waals surface area contributed by atoms with E-state index in [4.69, 9.17) is 5.11 Å². The monoisotopic (exact) mass is 221 g/mol. The van der Waals surface area contributed by atoms with Crippen molar-refractivity contribution in [1.29, 1.82) is 0 Å². The smallest absolute Gasteiger partial charge is 0.253 e. The first-order valence-corrected chi connectivity index (χ1v) is 5.43. The summed E-state index contributed by atoms with van der Waals surface area (Å²) in [6, 6.07) is 6.18. The number of phenolic OH excluding ortho intramolecular Hbond substituents is 1. The molecule has 0 radical (unpaired) electrons. The maximum atomic E-state index is 12.0. The lowest BCUT2D eigenvalue weighted by Gasteiger charge is -2.30. The van der Waals surface area contributed by atoms with Gasteiger partial charge in [-0.1, -0.05) is 0 Å². The van der Waals surface area contributed by atoms with Gasteiger partial charge in [-0.05, 0) is 37.1 Å². The predicted octanol–water partition coefficient (Wildman–Crippen LogP) is 0.989. The van der Waals surface area contributed by atoms with Crippen LogP contribution in [-0.2, 0) is 0 Å². The van der Waals surface area contributed by atoms with Gasteiger partial charge in [0.15, 0.2) is 0 Å². The number of likely N-dealkylation sites (tertiary alicyclic amines) is 1. The fourth-order valence-electron chi connectivity index (χ4n) is 1.93. The van der Waals surface area contributed by atoms with E-state index in [1.165, 1.54) is 12.1 Å². The van der Waals surface area contributed by atoms with E-state index < -0.39 is 6.10 Å². The Labute approximate surface area is 94.1 Å². The van der Waals surface area contributed by atoms with Gasteiger partial charge in [0.25, 0.3) is 5.91 Å². The fraction of sp³-hybridized carbons (Fsp3) is 0.417. The number of nitrogens with zero attached hydrogens (tertiary/aromatic N) is 1. The van der Waals surface area contributed by atoms with Crippen molar-refractivity contribution in [2.45, 2.75) is 18.9 Å². The van der Waals surface area contributed by atoms with Crippen LogP contribution in [0.2, 0.25) is 0 Å². The van der Waals surface area contributed by atoms with Crippen LogP contribution in [0.5, 0.6) is 5.75 Å². The number of aliphatic hydroxyl groups excluding tert-OH is 1. The zero-order valence-electron chi connectivity index (χ0n) is 8.97. The van der Waals surface area contributed by atoms with Gasteiger partial charge in [0.2, 0.25) is 0 Å². The van der Waals surface area contributed by atoms with Crippen LogP contribution < -0.4 is 0 Å². The standard InChI is InChI=1S/C12H15NO3/c14-10-5-3-9(4-6-10)12(16)13-7-1-2-11(15)8-13/h3-6,11,14-15H,1-2,7-8H2/t11-/m0/s1. The minimum absolute atomic E-state index is 0.0845. The first-order valence-electron chi connectivity index (χ1n) is 5.43. The number of aliphatic hydroxyl groups is 1. The zero-order valence-corrected chi connectivity index (χ0v) is 8.97. The average molecular weight is 221 g/mol. The number of carbonyl (C=O) groups is 1. The number of hydrogen-bond donors (Lipinski definition) is 2. The first kappa shape index (κ1) is 11.0. The SMILES string of the molecule is O=C(c1ccc(O)cc1)N1CCC[C@H](O)C1. The van der Waals surface area contributed by atoms with Gasteiger partial charge in [0.05, 0.1) is 6.10 Å². The maximum absolute atomic E-state index is 12.0. The molecule has 1 aromatic rings. The Bertz CT molecular complexity index is 374. The molecule has 2 N–H and O–H groups in total. The van der Waals surface area contributed by atoms with Crippen LogP contribution in [-0.4, -0.2) is 40.2 Å². The van der Waals surface area contributed by atoms with Crippen molar-refractivity contribution in [2.24, 2.45) is 0 Å². The second-order valence-corrected chi connectivity index (χ2v) is 4.09. The van der Waals surface area contributed by atoms with Crippen LogP contribution >= 0.6 is 0 Å². The number of β-amino-alcohol motifs (C(OH)–C–C–N with tert-alkyl or cyclic N) is 1. The highest BCUT2D eigenvalue weighted by atomic mass is 16.3. The number of piperidine rings is 1. The van der Waals surface area contributed by atoms with Crippen LogP contribution in [0.4, 0.5) is 0 Å². The van der Waals surface area contributed by atoms with E-state index in [1.807, 2.05) is 0 Å². The van der Waals surface area contributed by atoms with E-state index in [-0.39, 0.29) is 11.7 Å². The van der Waals surface area contributed by atoms with E-state index >= 15 is 0 Å². The summed E-state index contributed by atoms with van der Waals surface area (Å²) in [6.45, 7) is 1.09. The summed E-state index contributed by atoms with van der Waals surface area (Å²) in [5.41, 5.74) is 0.548. The summed E-state index contributed by atoms with van der Waals surface area (Å²) in [7, 11) is 0. The Morgan fingerprint density at radius 1 is 1.31 bits per heavy atom. The van der Waals surface area contributed by atoms with Gasteiger partial charge in [-0.2, -0.15) is 0 Å². The van der Waals surface area contributed by atoms with E-state index in [1.54, 1.807) is 17.0 Å². The number of rotatable bonds is 1. The van der Waals surface area contributed by atoms with Gasteiger partial charge in [-0.3, -0.25) is 4.79 Å². The molecule has 0 aliphatic carbocycles. The summed E-state index contributed by atoms with van der Waals surface area (Å²) >= 11 is 0. The highest BCUT2D eigenvalue weighted by molar-refractivity contribution is 5.94. The fourth-order valence-corrected chi connectivity index (χ4v) is 1.93. The molecular weight excluding hydrogens is 206 g/mol. The topological polar surface area (TPSA) is 60.8 Å². The normalized spacial score (nSPS) is 20.8. The van der Waals surface area contributed by atoms with Crippen molar-refractivity contribution < 1.29 is 15.0 Å². The molecule has 4 nitrogen and oxygen atoms in total. The lowest BCUT2D eigenvalue weighted by atomic mass is 10.1. The number of carbonyl (C=O) groups excluding carboxylic acids is 1. The molecule has 1 aliphatic rings. The van der Waals surface area contributed by atoms with Crippen molar-refractivity contribution in [3.05, 3.63) is 29.8 Å². The van der Waals surface area contributed by atoms with Crippen molar-refractivity contribution >= 4 is 5.91 Å². The molecule has 4 heteroatoms. The average Bonchev–Trinajstić information content (AvgIpc) is 2.29. The molecule has 0 spiro atoms. The van der Waals surface area contributed by atoms with Crippen molar-refractivity contribution in [1.82, 2.24) is 4.90 Å².